The topological polar surface area (TPSA) is 55.4 Å². The third-order valence-corrected chi connectivity index (χ3v) is 4.44. The van der Waals surface area contributed by atoms with E-state index in [4.69, 9.17) is 27.9 Å². The zero-order chi connectivity index (χ0) is 18.2. The van der Waals surface area contributed by atoms with Gasteiger partial charge in [-0.15, -0.1) is 0 Å². The fourth-order valence-corrected chi connectivity index (χ4v) is 2.66. The summed E-state index contributed by atoms with van der Waals surface area (Å²) in [6.07, 6.45) is 1.66. The van der Waals surface area contributed by atoms with Crippen LogP contribution in [-0.2, 0) is 16.0 Å². The van der Waals surface area contributed by atoms with Crippen LogP contribution in [0.4, 0.5) is 0 Å². The smallest absolute Gasteiger partial charge is 0.340 e. The number of rotatable bonds is 7. The molecule has 6 heteroatoms. The minimum Gasteiger partial charge on any atom is -0.452 e. The predicted molar refractivity (Wildman–Crippen MR) is 99.1 cm³/mol. The van der Waals surface area contributed by atoms with Crippen molar-refractivity contribution in [3.63, 3.8) is 0 Å². The monoisotopic (exact) mass is 379 g/mol. The molecule has 2 aromatic rings. The highest BCUT2D eigenvalue weighted by Crippen LogP contribution is 2.25. The van der Waals surface area contributed by atoms with Crippen LogP contribution < -0.4 is 5.32 Å². The summed E-state index contributed by atoms with van der Waals surface area (Å²) in [5.41, 5.74) is 1.35. The summed E-state index contributed by atoms with van der Waals surface area (Å²) in [6.45, 7) is 1.55. The Morgan fingerprint density at radius 2 is 1.80 bits per heavy atom. The zero-order valence-electron chi connectivity index (χ0n) is 13.8. The van der Waals surface area contributed by atoms with Crippen LogP contribution in [0.5, 0.6) is 0 Å². The molecule has 0 aliphatic rings. The number of ether oxygens (including phenoxy) is 1. The Bertz CT molecular complexity index is 735. The molecule has 0 bridgehead atoms. The second kappa shape index (κ2) is 9.44. The molecule has 0 aliphatic heterocycles. The van der Waals surface area contributed by atoms with Gasteiger partial charge in [0, 0.05) is 6.04 Å². The highest BCUT2D eigenvalue weighted by atomic mass is 35.5. The zero-order valence-corrected chi connectivity index (χ0v) is 15.3. The Balaban J connectivity index is 1.76. The van der Waals surface area contributed by atoms with Crippen molar-refractivity contribution in [1.82, 2.24) is 5.32 Å². The van der Waals surface area contributed by atoms with Gasteiger partial charge in [-0.2, -0.15) is 0 Å². The quantitative estimate of drug-likeness (QED) is 0.730. The average molecular weight is 380 g/mol. The lowest BCUT2D eigenvalue weighted by Gasteiger charge is -2.14. The summed E-state index contributed by atoms with van der Waals surface area (Å²) < 4.78 is 5.00. The van der Waals surface area contributed by atoms with Crippen LogP contribution in [0.25, 0.3) is 0 Å². The van der Waals surface area contributed by atoms with Crippen molar-refractivity contribution in [2.24, 2.45) is 0 Å². The second-order valence-electron chi connectivity index (χ2n) is 5.67. The molecule has 1 atom stereocenters. The number of halogens is 2. The molecule has 4 nitrogen and oxygen atoms in total. The molecule has 0 aliphatic carbocycles. The predicted octanol–water partition coefficient (Wildman–Crippen LogP) is 4.29. The Hall–Kier alpha value is -2.04. The van der Waals surface area contributed by atoms with Crippen molar-refractivity contribution >= 4 is 35.1 Å². The molecule has 0 radical (unpaired) electrons. The van der Waals surface area contributed by atoms with Gasteiger partial charge in [-0.25, -0.2) is 4.79 Å². The van der Waals surface area contributed by atoms with Gasteiger partial charge in [0.25, 0.3) is 5.91 Å². The van der Waals surface area contributed by atoms with E-state index in [1.165, 1.54) is 11.6 Å². The van der Waals surface area contributed by atoms with Gasteiger partial charge in [0.15, 0.2) is 6.61 Å². The fourth-order valence-electron chi connectivity index (χ4n) is 2.29. The largest absolute Gasteiger partial charge is 0.452 e. The van der Waals surface area contributed by atoms with E-state index in [-0.39, 0.29) is 34.2 Å². The van der Waals surface area contributed by atoms with Crippen LogP contribution in [0.2, 0.25) is 10.0 Å². The third kappa shape index (κ3) is 6.07. The summed E-state index contributed by atoms with van der Waals surface area (Å²) in [5.74, 6) is -1.04. The summed E-state index contributed by atoms with van der Waals surface area (Å²) in [4.78, 5) is 23.9. The van der Waals surface area contributed by atoms with Gasteiger partial charge in [0.2, 0.25) is 0 Å². The maximum atomic E-state index is 12.0. The maximum absolute atomic E-state index is 12.0. The Morgan fingerprint density at radius 1 is 1.08 bits per heavy atom. The summed E-state index contributed by atoms with van der Waals surface area (Å²) >= 11 is 11.8. The van der Waals surface area contributed by atoms with Crippen LogP contribution in [0.1, 0.15) is 29.3 Å². The first kappa shape index (κ1) is 19.3. The van der Waals surface area contributed by atoms with E-state index in [1.807, 2.05) is 37.3 Å². The van der Waals surface area contributed by atoms with Gasteiger partial charge in [0.1, 0.15) is 0 Å². The van der Waals surface area contributed by atoms with Gasteiger partial charge in [-0.1, -0.05) is 59.6 Å². The molecule has 0 heterocycles. The molecule has 0 saturated carbocycles. The van der Waals surface area contributed by atoms with E-state index in [2.05, 4.69) is 5.32 Å². The lowest BCUT2D eigenvalue weighted by Crippen LogP contribution is -2.36. The average Bonchev–Trinajstić information content (AvgIpc) is 2.61. The summed E-state index contributed by atoms with van der Waals surface area (Å²) in [7, 11) is 0. The number of carbonyl (C=O) groups is 2. The van der Waals surface area contributed by atoms with Crippen molar-refractivity contribution in [3.8, 4) is 0 Å². The normalized spacial score (nSPS) is 11.6. The molecule has 1 amide bonds. The molecule has 0 spiro atoms. The Morgan fingerprint density at radius 3 is 2.52 bits per heavy atom. The van der Waals surface area contributed by atoms with Crippen molar-refractivity contribution in [2.45, 2.75) is 25.8 Å². The molecule has 0 saturated heterocycles. The van der Waals surface area contributed by atoms with Crippen LogP contribution in [-0.4, -0.2) is 24.5 Å². The van der Waals surface area contributed by atoms with E-state index in [1.54, 1.807) is 12.1 Å². The highest BCUT2D eigenvalue weighted by Gasteiger charge is 2.16. The summed E-state index contributed by atoms with van der Waals surface area (Å²) in [5, 5.41) is 3.18. The van der Waals surface area contributed by atoms with E-state index < -0.39 is 5.97 Å². The lowest BCUT2D eigenvalue weighted by molar-refractivity contribution is -0.124. The minimum atomic E-state index is -0.681. The van der Waals surface area contributed by atoms with Crippen LogP contribution in [0.3, 0.4) is 0 Å². The van der Waals surface area contributed by atoms with Crippen molar-refractivity contribution in [1.29, 1.82) is 0 Å². The van der Waals surface area contributed by atoms with E-state index in [0.717, 1.165) is 12.8 Å². The van der Waals surface area contributed by atoms with Crippen molar-refractivity contribution in [3.05, 3.63) is 69.7 Å². The van der Waals surface area contributed by atoms with Crippen LogP contribution in [0.15, 0.2) is 48.5 Å². The number of aryl methyl sites for hydroxylation is 1. The lowest BCUT2D eigenvalue weighted by atomic mass is 10.1. The number of esters is 1. The highest BCUT2D eigenvalue weighted by molar-refractivity contribution is 6.43. The first-order valence-corrected chi connectivity index (χ1v) is 8.67. The van der Waals surface area contributed by atoms with Gasteiger partial charge < -0.3 is 10.1 Å². The number of nitrogens with one attached hydrogen (secondary N) is 1. The number of benzene rings is 2. The van der Waals surface area contributed by atoms with Gasteiger partial charge >= 0.3 is 5.97 Å². The number of amides is 1. The Labute approximate surface area is 157 Å². The summed E-state index contributed by atoms with van der Waals surface area (Å²) in [6, 6.07) is 14.7. The molecule has 0 aromatic heterocycles. The number of hydrogen-bond acceptors (Lipinski definition) is 3. The molecule has 0 fully saturated rings. The van der Waals surface area contributed by atoms with E-state index in [9.17, 15) is 9.59 Å². The fraction of sp³-hybridized carbons (Fsp3) is 0.263. The maximum Gasteiger partial charge on any atom is 0.340 e. The minimum absolute atomic E-state index is 0.0267. The van der Waals surface area contributed by atoms with Gasteiger partial charge in [-0.3, -0.25) is 4.79 Å². The molecule has 2 rings (SSSR count). The Kier molecular flexibility index (Phi) is 7.29. The molecule has 2 aromatic carbocycles. The molecule has 1 N–H and O–H groups in total. The first-order valence-electron chi connectivity index (χ1n) is 7.92. The third-order valence-electron chi connectivity index (χ3n) is 3.62. The van der Waals surface area contributed by atoms with Crippen LogP contribution in [0, 0.1) is 0 Å². The van der Waals surface area contributed by atoms with Crippen LogP contribution >= 0.6 is 23.2 Å². The van der Waals surface area contributed by atoms with Gasteiger partial charge in [0.05, 0.1) is 15.6 Å². The van der Waals surface area contributed by atoms with Crippen molar-refractivity contribution < 1.29 is 14.3 Å². The van der Waals surface area contributed by atoms with Crippen molar-refractivity contribution in [2.75, 3.05) is 6.61 Å². The molecule has 1 unspecified atom stereocenters. The SMILES string of the molecule is CC(CCc1ccccc1)NC(=O)COC(=O)c1cccc(Cl)c1Cl. The van der Waals surface area contributed by atoms with E-state index in [0.29, 0.717) is 0 Å². The molecule has 132 valence electrons. The molecular weight excluding hydrogens is 361 g/mol. The number of carbonyl (C=O) groups excluding carboxylic acids is 2. The second-order valence-corrected chi connectivity index (χ2v) is 6.46. The molecule has 25 heavy (non-hydrogen) atoms. The van der Waals surface area contributed by atoms with Gasteiger partial charge in [-0.05, 0) is 37.5 Å². The standard InChI is InChI=1S/C19H19Cl2NO3/c1-13(10-11-14-6-3-2-4-7-14)22-17(23)12-25-19(24)15-8-5-9-16(20)18(15)21/h2-9,13H,10-12H2,1H3,(H,22,23). The first-order chi connectivity index (χ1) is 12.0. The molecular formula is C19H19Cl2NO3. The number of hydrogen-bond donors (Lipinski definition) is 1. The van der Waals surface area contributed by atoms with E-state index >= 15 is 0 Å².